The maximum atomic E-state index is 12.8. The minimum absolute atomic E-state index is 0.129. The summed E-state index contributed by atoms with van der Waals surface area (Å²) in [7, 11) is 1.77. The van der Waals surface area contributed by atoms with E-state index in [2.05, 4.69) is 16.7 Å². The number of hydrogen-bond acceptors (Lipinski definition) is 5. The number of nitrogens with one attached hydrogen (secondary N) is 2. The number of fused-ring (bicyclic) bond motifs is 1. The standard InChI is InChI=1S/C21H27N3O4/c1-28-18-5-3-2-4-16(18)22-11-13-6-7-15-14(10-13)12-24(21(15)27)17-8-9-19(25)23-20(17)26/h6-7,10,16-18,22H,2-5,8-9,11-12H2,1H3,(H,23,25,26)/t16-,17?,18+/m0/s1. The highest BCUT2D eigenvalue weighted by Crippen LogP contribution is 2.28. The van der Waals surface area contributed by atoms with Gasteiger partial charge in [-0.2, -0.15) is 0 Å². The summed E-state index contributed by atoms with van der Waals surface area (Å²) in [4.78, 5) is 37.9. The van der Waals surface area contributed by atoms with Crippen molar-refractivity contribution in [2.24, 2.45) is 0 Å². The topological polar surface area (TPSA) is 87.7 Å². The molecule has 3 aliphatic rings. The lowest BCUT2D eigenvalue weighted by molar-refractivity contribution is -0.136. The smallest absolute Gasteiger partial charge is 0.255 e. The lowest BCUT2D eigenvalue weighted by Crippen LogP contribution is -2.52. The van der Waals surface area contributed by atoms with Gasteiger partial charge in [-0.15, -0.1) is 0 Å². The van der Waals surface area contributed by atoms with Crippen LogP contribution in [0.3, 0.4) is 0 Å². The zero-order valence-electron chi connectivity index (χ0n) is 16.2. The third kappa shape index (κ3) is 3.69. The van der Waals surface area contributed by atoms with Crippen LogP contribution in [0.2, 0.25) is 0 Å². The van der Waals surface area contributed by atoms with Crippen LogP contribution in [-0.4, -0.2) is 47.9 Å². The van der Waals surface area contributed by atoms with E-state index in [4.69, 9.17) is 4.74 Å². The van der Waals surface area contributed by atoms with E-state index in [-0.39, 0.29) is 30.2 Å². The highest BCUT2D eigenvalue weighted by molar-refractivity contribution is 6.05. The summed E-state index contributed by atoms with van der Waals surface area (Å²) in [5.41, 5.74) is 2.72. The fraction of sp³-hybridized carbons (Fsp3) is 0.571. The van der Waals surface area contributed by atoms with Crippen molar-refractivity contribution in [1.29, 1.82) is 0 Å². The number of rotatable bonds is 5. The summed E-state index contributed by atoms with van der Waals surface area (Å²) in [5.74, 6) is -0.770. The lowest BCUT2D eigenvalue weighted by atomic mass is 9.92. The number of piperidine rings is 1. The maximum absolute atomic E-state index is 12.8. The van der Waals surface area contributed by atoms with Gasteiger partial charge in [0, 0.05) is 38.2 Å². The molecule has 150 valence electrons. The van der Waals surface area contributed by atoms with Gasteiger partial charge in [-0.3, -0.25) is 19.7 Å². The van der Waals surface area contributed by atoms with E-state index in [0.29, 0.717) is 24.6 Å². The van der Waals surface area contributed by atoms with E-state index in [1.807, 2.05) is 12.1 Å². The first kappa shape index (κ1) is 19.1. The molecule has 2 fully saturated rings. The summed E-state index contributed by atoms with van der Waals surface area (Å²) < 4.78 is 5.60. The maximum Gasteiger partial charge on any atom is 0.255 e. The van der Waals surface area contributed by atoms with Crippen LogP contribution >= 0.6 is 0 Å². The largest absolute Gasteiger partial charge is 0.380 e. The normalized spacial score (nSPS) is 27.7. The highest BCUT2D eigenvalue weighted by atomic mass is 16.5. The number of carbonyl (C=O) groups excluding carboxylic acids is 3. The van der Waals surface area contributed by atoms with Gasteiger partial charge in [-0.25, -0.2) is 0 Å². The number of carbonyl (C=O) groups is 3. The average molecular weight is 385 g/mol. The van der Waals surface area contributed by atoms with Crippen LogP contribution in [0.15, 0.2) is 18.2 Å². The summed E-state index contributed by atoms with van der Waals surface area (Å²) in [6.07, 6.45) is 5.56. The molecule has 0 bridgehead atoms. The summed E-state index contributed by atoms with van der Waals surface area (Å²) in [6, 6.07) is 5.67. The van der Waals surface area contributed by atoms with Crippen LogP contribution in [0.25, 0.3) is 0 Å². The van der Waals surface area contributed by atoms with Crippen LogP contribution in [-0.2, 0) is 27.4 Å². The molecule has 7 heteroatoms. The molecule has 3 atom stereocenters. The van der Waals surface area contributed by atoms with E-state index < -0.39 is 6.04 Å². The van der Waals surface area contributed by atoms with Gasteiger partial charge >= 0.3 is 0 Å². The Labute approximate surface area is 164 Å². The second-order valence-electron chi connectivity index (χ2n) is 7.94. The van der Waals surface area contributed by atoms with Crippen molar-refractivity contribution in [2.45, 2.75) is 69.8 Å². The Hall–Kier alpha value is -2.25. The molecule has 28 heavy (non-hydrogen) atoms. The van der Waals surface area contributed by atoms with Crippen molar-refractivity contribution >= 4 is 17.7 Å². The van der Waals surface area contributed by atoms with Gasteiger partial charge in [-0.05, 0) is 36.5 Å². The first-order chi connectivity index (χ1) is 13.6. The van der Waals surface area contributed by atoms with Crippen LogP contribution in [0.4, 0.5) is 0 Å². The predicted molar refractivity (Wildman–Crippen MR) is 102 cm³/mol. The summed E-state index contributed by atoms with van der Waals surface area (Å²) in [5, 5.41) is 5.94. The molecule has 4 rings (SSSR count). The zero-order valence-corrected chi connectivity index (χ0v) is 16.2. The van der Waals surface area contributed by atoms with Crippen molar-refractivity contribution < 1.29 is 19.1 Å². The van der Waals surface area contributed by atoms with E-state index in [9.17, 15) is 14.4 Å². The molecule has 7 nitrogen and oxygen atoms in total. The fourth-order valence-corrected chi connectivity index (χ4v) is 4.60. The molecular formula is C21H27N3O4. The second kappa shape index (κ2) is 8.01. The number of methoxy groups -OCH3 is 1. The SMILES string of the molecule is CO[C@@H]1CCCC[C@@H]1NCc1ccc2c(c1)CN(C1CCC(=O)NC1=O)C2=O. The van der Waals surface area contributed by atoms with Crippen LogP contribution < -0.4 is 10.6 Å². The molecule has 2 heterocycles. The van der Waals surface area contributed by atoms with Crippen molar-refractivity contribution in [3.8, 4) is 0 Å². The van der Waals surface area contributed by atoms with Crippen molar-refractivity contribution in [1.82, 2.24) is 15.5 Å². The quantitative estimate of drug-likeness (QED) is 0.750. The van der Waals surface area contributed by atoms with Gasteiger partial charge in [0.15, 0.2) is 0 Å². The molecule has 2 aliphatic heterocycles. The number of imide groups is 1. The fourth-order valence-electron chi connectivity index (χ4n) is 4.60. The number of nitrogens with zero attached hydrogens (tertiary/aromatic N) is 1. The molecule has 3 amide bonds. The Morgan fingerprint density at radius 3 is 2.79 bits per heavy atom. The first-order valence-electron chi connectivity index (χ1n) is 10.1. The van der Waals surface area contributed by atoms with Gasteiger partial charge in [-0.1, -0.05) is 25.0 Å². The van der Waals surface area contributed by atoms with Crippen LogP contribution in [0.5, 0.6) is 0 Å². The molecule has 2 N–H and O–H groups in total. The molecular weight excluding hydrogens is 358 g/mol. The third-order valence-corrected chi connectivity index (χ3v) is 6.16. The number of hydrogen-bond donors (Lipinski definition) is 2. The molecule has 0 spiro atoms. The summed E-state index contributed by atoms with van der Waals surface area (Å²) >= 11 is 0. The van der Waals surface area contributed by atoms with Gasteiger partial charge < -0.3 is 15.0 Å². The molecule has 1 saturated heterocycles. The minimum atomic E-state index is -0.566. The Balaban J connectivity index is 1.42. The first-order valence-corrected chi connectivity index (χ1v) is 10.1. The predicted octanol–water partition coefficient (Wildman–Crippen LogP) is 1.49. The zero-order chi connectivity index (χ0) is 19.7. The minimum Gasteiger partial charge on any atom is -0.380 e. The number of ether oxygens (including phenoxy) is 1. The van der Waals surface area contributed by atoms with Crippen LogP contribution in [0.1, 0.15) is 60.0 Å². The van der Waals surface area contributed by atoms with E-state index in [1.165, 1.54) is 12.8 Å². The van der Waals surface area contributed by atoms with Gasteiger partial charge in [0.2, 0.25) is 11.8 Å². The molecule has 1 aromatic carbocycles. The summed E-state index contributed by atoms with van der Waals surface area (Å²) in [6.45, 7) is 1.14. The lowest BCUT2D eigenvalue weighted by Gasteiger charge is -2.31. The number of benzene rings is 1. The van der Waals surface area contributed by atoms with E-state index in [0.717, 1.165) is 30.5 Å². The van der Waals surface area contributed by atoms with Crippen molar-refractivity contribution in [2.75, 3.05) is 7.11 Å². The molecule has 1 aromatic rings. The van der Waals surface area contributed by atoms with Gasteiger partial charge in [0.25, 0.3) is 5.91 Å². The van der Waals surface area contributed by atoms with Crippen molar-refractivity contribution in [3.05, 3.63) is 34.9 Å². The van der Waals surface area contributed by atoms with Gasteiger partial charge in [0.1, 0.15) is 6.04 Å². The van der Waals surface area contributed by atoms with E-state index in [1.54, 1.807) is 12.0 Å². The second-order valence-corrected chi connectivity index (χ2v) is 7.94. The molecule has 1 aliphatic carbocycles. The van der Waals surface area contributed by atoms with Crippen molar-refractivity contribution in [3.63, 3.8) is 0 Å². The number of amides is 3. The molecule has 0 radical (unpaired) electrons. The van der Waals surface area contributed by atoms with E-state index >= 15 is 0 Å². The third-order valence-electron chi connectivity index (χ3n) is 6.16. The molecule has 0 aromatic heterocycles. The average Bonchev–Trinajstić information content (AvgIpc) is 3.02. The van der Waals surface area contributed by atoms with Gasteiger partial charge in [0.05, 0.1) is 6.10 Å². The molecule has 1 unspecified atom stereocenters. The Kier molecular flexibility index (Phi) is 5.46. The monoisotopic (exact) mass is 385 g/mol. The Morgan fingerprint density at radius 1 is 1.18 bits per heavy atom. The Bertz CT molecular complexity index is 794. The van der Waals surface area contributed by atoms with Crippen LogP contribution in [0, 0.1) is 0 Å². The Morgan fingerprint density at radius 2 is 2.00 bits per heavy atom. The highest BCUT2D eigenvalue weighted by Gasteiger charge is 2.39. The molecule has 1 saturated carbocycles.